The van der Waals surface area contributed by atoms with Crippen molar-refractivity contribution in [3.05, 3.63) is 0 Å². The lowest BCUT2D eigenvalue weighted by atomic mass is 10.2. The molecule has 0 unspecified atom stereocenters. The minimum atomic E-state index is 0.640. The van der Waals surface area contributed by atoms with Gasteiger partial charge in [-0.05, 0) is 12.8 Å². The summed E-state index contributed by atoms with van der Waals surface area (Å²) in [5.74, 6) is 1.97. The molecule has 1 heterocycles. The summed E-state index contributed by atoms with van der Waals surface area (Å²) in [6.45, 7) is 6.11. The van der Waals surface area contributed by atoms with E-state index in [1.165, 1.54) is 19.3 Å². The molecule has 2 N–H and O–H groups in total. The van der Waals surface area contributed by atoms with Crippen LogP contribution in [0.1, 0.15) is 46.0 Å². The maximum absolute atomic E-state index is 4.41. The predicted octanol–water partition coefficient (Wildman–Crippen LogP) is 2.75. The van der Waals surface area contributed by atoms with Crippen LogP contribution in [0.2, 0.25) is 0 Å². The van der Waals surface area contributed by atoms with Crippen LogP contribution in [-0.2, 0) is 0 Å². The second-order valence-electron chi connectivity index (χ2n) is 5.09. The molecule has 0 aliphatic rings. The molecular weight excluding hydrogens is 252 g/mol. The van der Waals surface area contributed by atoms with Gasteiger partial charge in [-0.3, -0.25) is 0 Å². The molecule has 114 valence electrons. The summed E-state index contributed by atoms with van der Waals surface area (Å²) in [7, 11) is 3.87. The molecule has 6 nitrogen and oxygen atoms in total. The summed E-state index contributed by atoms with van der Waals surface area (Å²) in [5, 5.41) is 6.50. The Kier molecular flexibility index (Phi) is 7.69. The number of hydrogen-bond acceptors (Lipinski definition) is 6. The van der Waals surface area contributed by atoms with Crippen molar-refractivity contribution in [2.24, 2.45) is 0 Å². The third-order valence-corrected chi connectivity index (χ3v) is 2.87. The molecule has 0 fully saturated rings. The summed E-state index contributed by atoms with van der Waals surface area (Å²) >= 11 is 0. The number of anilines is 3. The van der Waals surface area contributed by atoms with Gasteiger partial charge in [0.2, 0.25) is 17.8 Å². The van der Waals surface area contributed by atoms with Crippen molar-refractivity contribution >= 4 is 17.8 Å². The zero-order valence-electron chi connectivity index (χ0n) is 13.2. The van der Waals surface area contributed by atoms with Gasteiger partial charge in [0.15, 0.2) is 0 Å². The van der Waals surface area contributed by atoms with Gasteiger partial charge in [0.25, 0.3) is 0 Å². The number of aromatic nitrogens is 3. The van der Waals surface area contributed by atoms with Gasteiger partial charge in [-0.25, -0.2) is 0 Å². The lowest BCUT2D eigenvalue weighted by molar-refractivity contribution is 0.683. The summed E-state index contributed by atoms with van der Waals surface area (Å²) in [6, 6.07) is 0. The van der Waals surface area contributed by atoms with Crippen molar-refractivity contribution < 1.29 is 0 Å². The van der Waals surface area contributed by atoms with E-state index in [-0.39, 0.29) is 0 Å². The molecule has 0 aliphatic heterocycles. The molecule has 0 spiro atoms. The molecule has 1 rings (SSSR count). The Hall–Kier alpha value is -1.59. The molecular formula is C14H28N6. The Labute approximate surface area is 122 Å². The summed E-state index contributed by atoms with van der Waals surface area (Å²) in [4.78, 5) is 15.1. The average molecular weight is 280 g/mol. The fourth-order valence-corrected chi connectivity index (χ4v) is 1.71. The van der Waals surface area contributed by atoms with Gasteiger partial charge in [0.1, 0.15) is 0 Å². The monoisotopic (exact) mass is 280 g/mol. The van der Waals surface area contributed by atoms with Crippen molar-refractivity contribution in [2.75, 3.05) is 42.7 Å². The van der Waals surface area contributed by atoms with Crippen molar-refractivity contribution in [1.82, 2.24) is 15.0 Å². The Balaban J connectivity index is 2.60. The topological polar surface area (TPSA) is 66.0 Å². The highest BCUT2D eigenvalue weighted by Gasteiger charge is 2.07. The highest BCUT2D eigenvalue weighted by Crippen LogP contribution is 2.11. The molecule has 20 heavy (non-hydrogen) atoms. The Morgan fingerprint density at radius 3 is 2.00 bits per heavy atom. The zero-order valence-corrected chi connectivity index (χ0v) is 13.2. The highest BCUT2D eigenvalue weighted by atomic mass is 15.3. The van der Waals surface area contributed by atoms with Crippen LogP contribution in [0.5, 0.6) is 0 Å². The second-order valence-corrected chi connectivity index (χ2v) is 5.09. The van der Waals surface area contributed by atoms with Crippen LogP contribution >= 0.6 is 0 Å². The first kappa shape index (κ1) is 16.5. The molecule has 1 aromatic rings. The van der Waals surface area contributed by atoms with Crippen molar-refractivity contribution in [3.63, 3.8) is 0 Å². The molecule has 0 atom stereocenters. The van der Waals surface area contributed by atoms with Crippen LogP contribution in [-0.4, -0.2) is 42.1 Å². The van der Waals surface area contributed by atoms with Gasteiger partial charge in [-0.1, -0.05) is 33.1 Å². The van der Waals surface area contributed by atoms with Gasteiger partial charge in [-0.15, -0.1) is 0 Å². The quantitative estimate of drug-likeness (QED) is 0.642. The van der Waals surface area contributed by atoms with Gasteiger partial charge in [-0.2, -0.15) is 15.0 Å². The molecule has 0 radical (unpaired) electrons. The van der Waals surface area contributed by atoms with Crippen LogP contribution in [0.4, 0.5) is 17.8 Å². The van der Waals surface area contributed by atoms with Crippen molar-refractivity contribution in [2.45, 2.75) is 46.0 Å². The van der Waals surface area contributed by atoms with Gasteiger partial charge < -0.3 is 15.5 Å². The van der Waals surface area contributed by atoms with E-state index in [1.54, 1.807) is 0 Å². The molecule has 0 bridgehead atoms. The molecule has 0 saturated carbocycles. The van der Waals surface area contributed by atoms with Gasteiger partial charge >= 0.3 is 0 Å². The lowest BCUT2D eigenvalue weighted by Gasteiger charge is -2.14. The fourth-order valence-electron chi connectivity index (χ4n) is 1.71. The number of nitrogens with one attached hydrogen (secondary N) is 2. The Bertz CT molecular complexity index is 380. The van der Waals surface area contributed by atoms with E-state index in [2.05, 4.69) is 39.4 Å². The Morgan fingerprint density at radius 2 is 1.45 bits per heavy atom. The fraction of sp³-hybridized carbons (Fsp3) is 0.786. The molecule has 6 heteroatoms. The van der Waals surface area contributed by atoms with E-state index >= 15 is 0 Å². The number of unbranched alkanes of at least 4 members (excludes halogenated alkanes) is 3. The van der Waals surface area contributed by atoms with Crippen LogP contribution in [0.15, 0.2) is 0 Å². The van der Waals surface area contributed by atoms with Crippen molar-refractivity contribution in [3.8, 4) is 0 Å². The van der Waals surface area contributed by atoms with E-state index in [1.807, 2.05) is 19.0 Å². The molecule has 0 aliphatic carbocycles. The maximum atomic E-state index is 4.41. The summed E-state index contributed by atoms with van der Waals surface area (Å²) < 4.78 is 0. The van der Waals surface area contributed by atoms with E-state index in [0.717, 1.165) is 25.9 Å². The van der Waals surface area contributed by atoms with Gasteiger partial charge in [0.05, 0.1) is 0 Å². The minimum absolute atomic E-state index is 0.640. The Morgan fingerprint density at radius 1 is 0.800 bits per heavy atom. The second kappa shape index (κ2) is 9.34. The first-order valence-electron chi connectivity index (χ1n) is 7.58. The van der Waals surface area contributed by atoms with Crippen LogP contribution in [0, 0.1) is 0 Å². The normalized spacial score (nSPS) is 10.4. The van der Waals surface area contributed by atoms with Crippen LogP contribution in [0.3, 0.4) is 0 Å². The smallest absolute Gasteiger partial charge is 0.231 e. The molecule has 0 aromatic carbocycles. The molecule has 0 amide bonds. The third kappa shape index (κ3) is 6.04. The maximum Gasteiger partial charge on any atom is 0.231 e. The molecule has 1 aromatic heterocycles. The molecule has 0 saturated heterocycles. The first-order valence-corrected chi connectivity index (χ1v) is 7.58. The van der Waals surface area contributed by atoms with E-state index < -0.39 is 0 Å². The van der Waals surface area contributed by atoms with Gasteiger partial charge in [0, 0.05) is 27.2 Å². The van der Waals surface area contributed by atoms with Crippen molar-refractivity contribution in [1.29, 1.82) is 0 Å². The van der Waals surface area contributed by atoms with E-state index in [4.69, 9.17) is 0 Å². The average Bonchev–Trinajstić information content (AvgIpc) is 2.44. The van der Waals surface area contributed by atoms with E-state index in [9.17, 15) is 0 Å². The zero-order chi connectivity index (χ0) is 14.8. The number of nitrogens with zero attached hydrogens (tertiary/aromatic N) is 4. The predicted molar refractivity (Wildman–Crippen MR) is 85.6 cm³/mol. The first-order chi connectivity index (χ1) is 9.67. The number of hydrogen-bond donors (Lipinski definition) is 2. The summed E-state index contributed by atoms with van der Waals surface area (Å²) in [5.41, 5.74) is 0. The lowest BCUT2D eigenvalue weighted by Crippen LogP contribution is -2.17. The SMILES string of the molecule is CCCCCCNc1nc(NCCC)nc(N(C)C)n1. The third-order valence-electron chi connectivity index (χ3n) is 2.87. The van der Waals surface area contributed by atoms with Crippen LogP contribution < -0.4 is 15.5 Å². The largest absolute Gasteiger partial charge is 0.354 e. The van der Waals surface area contributed by atoms with E-state index in [0.29, 0.717) is 17.8 Å². The summed E-state index contributed by atoms with van der Waals surface area (Å²) in [6.07, 6.45) is 5.97. The minimum Gasteiger partial charge on any atom is -0.354 e. The number of rotatable bonds is 10. The van der Waals surface area contributed by atoms with Crippen LogP contribution in [0.25, 0.3) is 0 Å². The highest BCUT2D eigenvalue weighted by molar-refractivity contribution is 5.42. The standard InChI is InChI=1S/C14H28N6/c1-5-7-8-9-11-16-13-17-12(15-10-6-2)18-14(19-13)20(3)4/h5-11H2,1-4H3,(H2,15,16,17,18,19).